The van der Waals surface area contributed by atoms with Crippen molar-refractivity contribution in [2.24, 2.45) is 0 Å². The maximum atomic E-state index is 13.3. The smallest absolute Gasteiger partial charge is 0.341 e. The molecule has 4 nitrogen and oxygen atoms in total. The highest BCUT2D eigenvalue weighted by atomic mass is 19.1. The highest BCUT2D eigenvalue weighted by Gasteiger charge is 2.17. The second-order valence-electron chi connectivity index (χ2n) is 3.49. The van der Waals surface area contributed by atoms with Gasteiger partial charge in [-0.25, -0.2) is 22.9 Å². The number of benzene rings is 1. The highest BCUT2D eigenvalue weighted by Crippen LogP contribution is 2.26. The predicted octanol–water partition coefficient (Wildman–Crippen LogP) is 2.99. The third-order valence-electron chi connectivity index (χ3n) is 2.15. The number of carboxylic acids is 1. The molecule has 0 saturated carbocycles. The quantitative estimate of drug-likeness (QED) is 0.930. The van der Waals surface area contributed by atoms with E-state index in [2.05, 4.69) is 4.98 Å². The number of halogens is 3. The molecule has 0 atom stereocenters. The number of nitrogens with zero attached hydrogens (tertiary/aromatic N) is 1. The van der Waals surface area contributed by atoms with Crippen LogP contribution in [-0.4, -0.2) is 16.1 Å². The highest BCUT2D eigenvalue weighted by molar-refractivity contribution is 5.90. The molecule has 98 valence electrons. The van der Waals surface area contributed by atoms with Gasteiger partial charge in [-0.3, -0.25) is 0 Å². The van der Waals surface area contributed by atoms with E-state index in [0.29, 0.717) is 12.3 Å². The molecule has 0 radical (unpaired) electrons. The van der Waals surface area contributed by atoms with E-state index < -0.39 is 40.6 Å². The summed E-state index contributed by atoms with van der Waals surface area (Å²) in [6.07, 6.45) is 0.707. The van der Waals surface area contributed by atoms with Crippen molar-refractivity contribution in [1.82, 2.24) is 4.98 Å². The number of carboxylic acid groups (broad SMARTS) is 1. The van der Waals surface area contributed by atoms with Gasteiger partial charge in [-0.1, -0.05) is 0 Å². The molecular formula is C12H6F3NO3. The van der Waals surface area contributed by atoms with Crippen molar-refractivity contribution in [1.29, 1.82) is 0 Å². The van der Waals surface area contributed by atoms with Crippen LogP contribution in [0.25, 0.3) is 0 Å². The number of hydrogen-bond acceptors (Lipinski definition) is 3. The Morgan fingerprint density at radius 3 is 2.58 bits per heavy atom. The second kappa shape index (κ2) is 4.97. The van der Waals surface area contributed by atoms with Gasteiger partial charge in [0.15, 0.2) is 11.6 Å². The molecule has 0 saturated heterocycles. The van der Waals surface area contributed by atoms with Gasteiger partial charge in [0.2, 0.25) is 5.88 Å². The number of aromatic nitrogens is 1. The molecule has 0 amide bonds. The van der Waals surface area contributed by atoms with Gasteiger partial charge in [0.1, 0.15) is 17.2 Å². The first-order valence-corrected chi connectivity index (χ1v) is 4.99. The lowest BCUT2D eigenvalue weighted by molar-refractivity contribution is 0.0692. The molecule has 1 heterocycles. The first kappa shape index (κ1) is 12.9. The molecule has 0 fully saturated rings. The van der Waals surface area contributed by atoms with Gasteiger partial charge >= 0.3 is 5.97 Å². The monoisotopic (exact) mass is 269 g/mol. The Hall–Kier alpha value is -2.57. The van der Waals surface area contributed by atoms with E-state index in [1.54, 1.807) is 0 Å². The number of carbonyl (C=O) groups is 1. The van der Waals surface area contributed by atoms with Crippen molar-refractivity contribution >= 4 is 5.97 Å². The van der Waals surface area contributed by atoms with Crippen LogP contribution < -0.4 is 4.74 Å². The zero-order chi connectivity index (χ0) is 14.0. The van der Waals surface area contributed by atoms with E-state index >= 15 is 0 Å². The van der Waals surface area contributed by atoms with Crippen molar-refractivity contribution < 1.29 is 27.8 Å². The Morgan fingerprint density at radius 1 is 1.16 bits per heavy atom. The van der Waals surface area contributed by atoms with Crippen LogP contribution in [0.15, 0.2) is 30.5 Å². The first-order valence-electron chi connectivity index (χ1n) is 4.99. The molecule has 1 aromatic carbocycles. The minimum atomic E-state index is -1.50. The third-order valence-corrected chi connectivity index (χ3v) is 2.15. The molecular weight excluding hydrogens is 263 g/mol. The average Bonchev–Trinajstić information content (AvgIpc) is 2.35. The van der Waals surface area contributed by atoms with Crippen LogP contribution in [0.3, 0.4) is 0 Å². The molecule has 0 aliphatic rings. The van der Waals surface area contributed by atoms with Crippen LogP contribution in [0, 0.1) is 17.5 Å². The van der Waals surface area contributed by atoms with E-state index in [4.69, 9.17) is 9.84 Å². The Labute approximate surface area is 105 Å². The van der Waals surface area contributed by atoms with Crippen LogP contribution in [0.4, 0.5) is 13.2 Å². The van der Waals surface area contributed by atoms with Gasteiger partial charge in [0.05, 0.1) is 6.20 Å². The van der Waals surface area contributed by atoms with Crippen molar-refractivity contribution in [2.45, 2.75) is 0 Å². The lowest BCUT2D eigenvalue weighted by Gasteiger charge is -2.08. The van der Waals surface area contributed by atoms with Gasteiger partial charge in [0.25, 0.3) is 0 Å². The molecule has 2 rings (SSSR count). The topological polar surface area (TPSA) is 59.4 Å². The standard InChI is InChI=1S/C12H6F3NO3/c13-6-1-2-9(15)10(4-6)19-11-8(12(17)18)3-7(14)5-16-11/h1-5H,(H,17,18). The lowest BCUT2D eigenvalue weighted by atomic mass is 10.2. The summed E-state index contributed by atoms with van der Waals surface area (Å²) in [6.45, 7) is 0. The fourth-order valence-electron chi connectivity index (χ4n) is 1.32. The van der Waals surface area contributed by atoms with E-state index in [9.17, 15) is 18.0 Å². The number of pyridine rings is 1. The van der Waals surface area contributed by atoms with Crippen LogP contribution >= 0.6 is 0 Å². The number of aromatic carboxylic acids is 1. The molecule has 19 heavy (non-hydrogen) atoms. The molecule has 0 aliphatic carbocycles. The lowest BCUT2D eigenvalue weighted by Crippen LogP contribution is -2.03. The number of ether oxygens (including phenoxy) is 1. The number of rotatable bonds is 3. The van der Waals surface area contributed by atoms with Gasteiger partial charge < -0.3 is 9.84 Å². The Balaban J connectivity index is 2.43. The molecule has 0 bridgehead atoms. The van der Waals surface area contributed by atoms with Gasteiger partial charge in [-0.2, -0.15) is 0 Å². The van der Waals surface area contributed by atoms with Crippen LogP contribution in [0.2, 0.25) is 0 Å². The first-order chi connectivity index (χ1) is 8.97. The summed E-state index contributed by atoms with van der Waals surface area (Å²) >= 11 is 0. The van der Waals surface area contributed by atoms with E-state index in [0.717, 1.165) is 18.2 Å². The van der Waals surface area contributed by atoms with E-state index in [-0.39, 0.29) is 0 Å². The average molecular weight is 269 g/mol. The van der Waals surface area contributed by atoms with Crippen molar-refractivity contribution in [3.63, 3.8) is 0 Å². The Kier molecular flexibility index (Phi) is 3.37. The summed E-state index contributed by atoms with van der Waals surface area (Å²) in [5.74, 6) is -5.12. The molecule has 7 heteroatoms. The summed E-state index contributed by atoms with van der Waals surface area (Å²) < 4.78 is 44.0. The van der Waals surface area contributed by atoms with Crippen molar-refractivity contribution in [3.8, 4) is 11.6 Å². The summed E-state index contributed by atoms with van der Waals surface area (Å²) in [4.78, 5) is 14.3. The van der Waals surface area contributed by atoms with Crippen LogP contribution in [-0.2, 0) is 0 Å². The van der Waals surface area contributed by atoms with E-state index in [1.807, 2.05) is 0 Å². The molecule has 0 spiro atoms. The Morgan fingerprint density at radius 2 is 1.89 bits per heavy atom. The summed E-state index contributed by atoms with van der Waals surface area (Å²) in [5.41, 5.74) is -0.594. The fourth-order valence-corrected chi connectivity index (χ4v) is 1.32. The largest absolute Gasteiger partial charge is 0.477 e. The second-order valence-corrected chi connectivity index (χ2v) is 3.49. The van der Waals surface area contributed by atoms with Gasteiger partial charge in [-0.05, 0) is 18.2 Å². The maximum Gasteiger partial charge on any atom is 0.341 e. The molecule has 0 aliphatic heterocycles. The van der Waals surface area contributed by atoms with Gasteiger partial charge in [0, 0.05) is 6.07 Å². The minimum absolute atomic E-state index is 0.529. The SMILES string of the molecule is O=C(O)c1cc(F)cnc1Oc1cc(F)ccc1F. The zero-order valence-electron chi connectivity index (χ0n) is 9.23. The zero-order valence-corrected chi connectivity index (χ0v) is 9.23. The Bertz CT molecular complexity index is 646. The number of hydrogen-bond donors (Lipinski definition) is 1. The summed E-state index contributed by atoms with van der Waals surface area (Å²) in [5, 5.41) is 8.84. The molecule has 1 N–H and O–H groups in total. The maximum absolute atomic E-state index is 13.3. The third kappa shape index (κ3) is 2.82. The van der Waals surface area contributed by atoms with Crippen molar-refractivity contribution in [3.05, 3.63) is 53.5 Å². The summed E-state index contributed by atoms with van der Waals surface area (Å²) in [7, 11) is 0. The molecule has 2 aromatic rings. The van der Waals surface area contributed by atoms with Crippen LogP contribution in [0.1, 0.15) is 10.4 Å². The van der Waals surface area contributed by atoms with E-state index in [1.165, 1.54) is 0 Å². The molecule has 1 aromatic heterocycles. The molecule has 0 unspecified atom stereocenters. The minimum Gasteiger partial charge on any atom is -0.477 e. The fraction of sp³-hybridized carbons (Fsp3) is 0. The normalized spacial score (nSPS) is 10.3. The predicted molar refractivity (Wildman–Crippen MR) is 57.6 cm³/mol. The van der Waals surface area contributed by atoms with Gasteiger partial charge in [-0.15, -0.1) is 0 Å². The summed E-state index contributed by atoms with van der Waals surface area (Å²) in [6, 6.07) is 3.08. The van der Waals surface area contributed by atoms with Crippen LogP contribution in [0.5, 0.6) is 11.6 Å². The van der Waals surface area contributed by atoms with Crippen molar-refractivity contribution in [2.75, 3.05) is 0 Å².